The van der Waals surface area contributed by atoms with Crippen molar-refractivity contribution < 1.29 is 13.9 Å². The molecule has 0 atom stereocenters. The maximum absolute atomic E-state index is 5.54. The fourth-order valence-corrected chi connectivity index (χ4v) is 1.94. The van der Waals surface area contributed by atoms with Gasteiger partial charge in [0.15, 0.2) is 4.67 Å². The number of benzene rings is 1. The number of hydrogen-bond acceptors (Lipinski definition) is 3. The average Bonchev–Trinajstić information content (AvgIpc) is 2.53. The molecule has 2 rings (SSSR count). The summed E-state index contributed by atoms with van der Waals surface area (Å²) in [6, 6.07) is 3.69. The number of aryl methyl sites for hydroxylation is 1. The summed E-state index contributed by atoms with van der Waals surface area (Å²) in [5, 5.41) is 0.977. The van der Waals surface area contributed by atoms with Gasteiger partial charge in [0.2, 0.25) is 0 Å². The second-order valence-electron chi connectivity index (χ2n) is 3.20. The van der Waals surface area contributed by atoms with Gasteiger partial charge in [0.25, 0.3) is 0 Å². The largest absolute Gasteiger partial charge is 0.496 e. The maximum atomic E-state index is 5.54. The normalized spacial score (nSPS) is 10.7. The number of ether oxygens (including phenoxy) is 2. The molecular formula is C11H11BrO3. The van der Waals surface area contributed by atoms with Crippen LogP contribution >= 0.6 is 15.9 Å². The minimum atomic E-state index is 0.723. The van der Waals surface area contributed by atoms with E-state index in [1.165, 1.54) is 0 Å². The Bertz CT molecular complexity index is 502. The van der Waals surface area contributed by atoms with E-state index in [1.54, 1.807) is 14.2 Å². The van der Waals surface area contributed by atoms with Gasteiger partial charge in [-0.3, -0.25) is 0 Å². The van der Waals surface area contributed by atoms with E-state index in [9.17, 15) is 0 Å². The number of methoxy groups -OCH3 is 2. The highest BCUT2D eigenvalue weighted by molar-refractivity contribution is 9.10. The molecule has 2 aromatic rings. The molecule has 0 saturated carbocycles. The molecule has 3 nitrogen and oxygen atoms in total. The Morgan fingerprint density at radius 2 is 1.93 bits per heavy atom. The van der Waals surface area contributed by atoms with E-state index < -0.39 is 0 Å². The van der Waals surface area contributed by atoms with Gasteiger partial charge in [-0.05, 0) is 22.9 Å². The summed E-state index contributed by atoms with van der Waals surface area (Å²) >= 11 is 3.36. The lowest BCUT2D eigenvalue weighted by atomic mass is 10.1. The first-order valence-electron chi connectivity index (χ1n) is 4.48. The first kappa shape index (κ1) is 10.4. The van der Waals surface area contributed by atoms with E-state index in [1.807, 2.05) is 19.1 Å². The van der Waals surface area contributed by atoms with Crippen molar-refractivity contribution in [1.82, 2.24) is 0 Å². The predicted octanol–water partition coefficient (Wildman–Crippen LogP) is 3.52. The van der Waals surface area contributed by atoms with Crippen molar-refractivity contribution in [2.45, 2.75) is 6.92 Å². The molecule has 0 aliphatic carbocycles. The van der Waals surface area contributed by atoms with Crippen LogP contribution in [0.4, 0.5) is 0 Å². The summed E-state index contributed by atoms with van der Waals surface area (Å²) in [6.45, 7) is 1.98. The highest BCUT2D eigenvalue weighted by atomic mass is 79.9. The molecule has 0 unspecified atom stereocenters. The van der Waals surface area contributed by atoms with Crippen molar-refractivity contribution in [2.75, 3.05) is 14.2 Å². The molecular weight excluding hydrogens is 260 g/mol. The molecule has 15 heavy (non-hydrogen) atoms. The molecule has 0 N–H and O–H groups in total. The van der Waals surface area contributed by atoms with Crippen LogP contribution in [0.3, 0.4) is 0 Å². The zero-order chi connectivity index (χ0) is 11.0. The molecule has 0 aliphatic rings. The van der Waals surface area contributed by atoms with Crippen LogP contribution in [0, 0.1) is 6.92 Å². The number of hydrogen-bond donors (Lipinski definition) is 0. The number of furan rings is 1. The SMILES string of the molecule is COc1cc(OC)c2c(C)c(Br)oc2c1. The highest BCUT2D eigenvalue weighted by Gasteiger charge is 2.14. The lowest BCUT2D eigenvalue weighted by molar-refractivity contribution is 0.397. The van der Waals surface area contributed by atoms with Gasteiger partial charge in [0.05, 0.1) is 19.6 Å². The average molecular weight is 271 g/mol. The predicted molar refractivity (Wildman–Crippen MR) is 61.8 cm³/mol. The van der Waals surface area contributed by atoms with Crippen molar-refractivity contribution >= 4 is 26.9 Å². The summed E-state index contributed by atoms with van der Waals surface area (Å²) in [5.41, 5.74) is 1.79. The first-order chi connectivity index (χ1) is 7.17. The van der Waals surface area contributed by atoms with Gasteiger partial charge in [-0.2, -0.15) is 0 Å². The minimum absolute atomic E-state index is 0.723. The standard InChI is InChI=1S/C11H11BrO3/c1-6-10-8(14-3)4-7(13-2)5-9(10)15-11(6)12/h4-5H,1-3H3. The van der Waals surface area contributed by atoms with Crippen LogP contribution in [-0.4, -0.2) is 14.2 Å². The molecule has 4 heteroatoms. The summed E-state index contributed by atoms with van der Waals surface area (Å²) < 4.78 is 16.7. The van der Waals surface area contributed by atoms with Crippen molar-refractivity contribution in [3.63, 3.8) is 0 Å². The molecule has 0 amide bonds. The smallest absolute Gasteiger partial charge is 0.173 e. The van der Waals surface area contributed by atoms with E-state index in [-0.39, 0.29) is 0 Å². The molecule has 1 aromatic heterocycles. The Labute approximate surface area is 96.1 Å². The van der Waals surface area contributed by atoms with Gasteiger partial charge in [-0.25, -0.2) is 0 Å². The zero-order valence-corrected chi connectivity index (χ0v) is 10.3. The lowest BCUT2D eigenvalue weighted by Crippen LogP contribution is -1.87. The molecule has 80 valence electrons. The van der Waals surface area contributed by atoms with Crippen LogP contribution < -0.4 is 9.47 Å². The maximum Gasteiger partial charge on any atom is 0.173 e. The molecule has 0 aliphatic heterocycles. The van der Waals surface area contributed by atoms with E-state index in [4.69, 9.17) is 13.9 Å². The van der Waals surface area contributed by atoms with Crippen molar-refractivity contribution in [1.29, 1.82) is 0 Å². The van der Waals surface area contributed by atoms with Crippen LogP contribution in [0.25, 0.3) is 11.0 Å². The molecule has 1 heterocycles. The third-order valence-electron chi connectivity index (χ3n) is 2.36. The van der Waals surface area contributed by atoms with Gasteiger partial charge in [0, 0.05) is 17.7 Å². The van der Waals surface area contributed by atoms with E-state index in [2.05, 4.69) is 15.9 Å². The van der Waals surface area contributed by atoms with Gasteiger partial charge in [-0.1, -0.05) is 0 Å². The second-order valence-corrected chi connectivity index (χ2v) is 3.92. The molecule has 0 fully saturated rings. The van der Waals surface area contributed by atoms with Crippen LogP contribution in [-0.2, 0) is 0 Å². The van der Waals surface area contributed by atoms with Crippen LogP contribution in [0.15, 0.2) is 21.2 Å². The number of rotatable bonds is 2. The van der Waals surface area contributed by atoms with Crippen molar-refractivity contribution in [2.24, 2.45) is 0 Å². The van der Waals surface area contributed by atoms with Crippen LogP contribution in [0.2, 0.25) is 0 Å². The summed E-state index contributed by atoms with van der Waals surface area (Å²) in [7, 11) is 3.25. The number of halogens is 1. The first-order valence-corrected chi connectivity index (χ1v) is 5.27. The van der Waals surface area contributed by atoms with Gasteiger partial charge in [0.1, 0.15) is 17.1 Å². The summed E-state index contributed by atoms with van der Waals surface area (Å²) in [4.78, 5) is 0. The van der Waals surface area contributed by atoms with Gasteiger partial charge >= 0.3 is 0 Å². The van der Waals surface area contributed by atoms with Gasteiger partial charge < -0.3 is 13.9 Å². The molecule has 0 radical (unpaired) electrons. The van der Waals surface area contributed by atoms with E-state index in [0.717, 1.165) is 32.7 Å². The van der Waals surface area contributed by atoms with Gasteiger partial charge in [-0.15, -0.1) is 0 Å². The Morgan fingerprint density at radius 1 is 1.20 bits per heavy atom. The molecule has 0 saturated heterocycles. The van der Waals surface area contributed by atoms with Crippen LogP contribution in [0.5, 0.6) is 11.5 Å². The Balaban J connectivity index is 2.81. The number of fused-ring (bicyclic) bond motifs is 1. The topological polar surface area (TPSA) is 31.6 Å². The minimum Gasteiger partial charge on any atom is -0.496 e. The quantitative estimate of drug-likeness (QED) is 0.837. The van der Waals surface area contributed by atoms with Crippen LogP contribution in [0.1, 0.15) is 5.56 Å². The van der Waals surface area contributed by atoms with E-state index in [0.29, 0.717) is 0 Å². The molecule has 0 spiro atoms. The Morgan fingerprint density at radius 3 is 2.53 bits per heavy atom. The fourth-order valence-electron chi connectivity index (χ4n) is 1.57. The molecule has 0 bridgehead atoms. The third kappa shape index (κ3) is 1.59. The van der Waals surface area contributed by atoms with Crippen molar-refractivity contribution in [3.05, 3.63) is 22.4 Å². The highest BCUT2D eigenvalue weighted by Crippen LogP contribution is 2.38. The summed E-state index contributed by atoms with van der Waals surface area (Å²) in [5.74, 6) is 1.48. The van der Waals surface area contributed by atoms with E-state index >= 15 is 0 Å². The summed E-state index contributed by atoms with van der Waals surface area (Å²) in [6.07, 6.45) is 0. The molecule has 1 aromatic carbocycles. The third-order valence-corrected chi connectivity index (χ3v) is 3.12. The Hall–Kier alpha value is -1.16. The van der Waals surface area contributed by atoms with Crippen molar-refractivity contribution in [3.8, 4) is 11.5 Å². The monoisotopic (exact) mass is 270 g/mol. The second kappa shape index (κ2) is 3.77. The zero-order valence-electron chi connectivity index (χ0n) is 8.76. The Kier molecular flexibility index (Phi) is 2.61. The fraction of sp³-hybridized carbons (Fsp3) is 0.273. The lowest BCUT2D eigenvalue weighted by Gasteiger charge is -2.05.